The minimum Gasteiger partial charge on any atom is -0.480 e. The maximum Gasteiger partial charge on any atom is 0.321 e. The smallest absolute Gasteiger partial charge is 0.321 e. The summed E-state index contributed by atoms with van der Waals surface area (Å²) < 4.78 is 16.4. The first-order chi connectivity index (χ1) is 20.2. The van der Waals surface area contributed by atoms with Gasteiger partial charge in [-0.25, -0.2) is 4.39 Å². The molecule has 0 unspecified atom stereocenters. The SMILES string of the molecule is CC[C@H](C)[C@H](C(=O)O)N1C[C@H](CN2CCC(c3cc(Cc4ccc(C)cc4)nn3CC)CC2)[C@@H](c2cccc(F)c2)C1. The van der Waals surface area contributed by atoms with E-state index < -0.39 is 12.0 Å². The lowest BCUT2D eigenvalue weighted by atomic mass is 9.87. The third kappa shape index (κ3) is 6.95. The Hall–Kier alpha value is -3.03. The zero-order chi connectivity index (χ0) is 29.8. The fourth-order valence-corrected chi connectivity index (χ4v) is 7.23. The molecule has 0 spiro atoms. The Morgan fingerprint density at radius 1 is 1.07 bits per heavy atom. The highest BCUT2D eigenvalue weighted by Gasteiger charge is 2.42. The fraction of sp³-hybridized carbons (Fsp3) is 0.543. The summed E-state index contributed by atoms with van der Waals surface area (Å²) in [7, 11) is 0. The summed E-state index contributed by atoms with van der Waals surface area (Å²) in [6.45, 7) is 13.5. The van der Waals surface area contributed by atoms with Crippen LogP contribution in [-0.4, -0.2) is 69.4 Å². The van der Waals surface area contributed by atoms with Gasteiger partial charge in [-0.3, -0.25) is 14.4 Å². The van der Waals surface area contributed by atoms with Crippen molar-refractivity contribution in [3.05, 3.63) is 88.5 Å². The van der Waals surface area contributed by atoms with E-state index in [-0.39, 0.29) is 23.6 Å². The fourth-order valence-electron chi connectivity index (χ4n) is 7.23. The first kappa shape index (κ1) is 30.4. The van der Waals surface area contributed by atoms with Gasteiger partial charge in [0.05, 0.1) is 5.69 Å². The highest BCUT2D eigenvalue weighted by molar-refractivity contribution is 5.74. The third-order valence-electron chi connectivity index (χ3n) is 9.74. The molecule has 0 bridgehead atoms. The monoisotopic (exact) mass is 574 g/mol. The van der Waals surface area contributed by atoms with Gasteiger partial charge in [-0.15, -0.1) is 0 Å². The van der Waals surface area contributed by atoms with Crippen LogP contribution in [0.4, 0.5) is 4.39 Å². The zero-order valence-corrected chi connectivity index (χ0v) is 25.7. The number of likely N-dealkylation sites (tertiary alicyclic amines) is 2. The maximum atomic E-state index is 14.3. The Morgan fingerprint density at radius 2 is 1.81 bits per heavy atom. The minimum absolute atomic E-state index is 0.0597. The van der Waals surface area contributed by atoms with Gasteiger partial charge in [0.2, 0.25) is 0 Å². The summed E-state index contributed by atoms with van der Waals surface area (Å²) in [4.78, 5) is 17.0. The third-order valence-corrected chi connectivity index (χ3v) is 9.74. The predicted octanol–water partition coefficient (Wildman–Crippen LogP) is 6.34. The molecular weight excluding hydrogens is 527 g/mol. The largest absolute Gasteiger partial charge is 0.480 e. The van der Waals surface area contributed by atoms with E-state index in [0.29, 0.717) is 12.5 Å². The topological polar surface area (TPSA) is 61.6 Å². The maximum absolute atomic E-state index is 14.3. The number of carbonyl (C=O) groups is 1. The zero-order valence-electron chi connectivity index (χ0n) is 25.7. The van der Waals surface area contributed by atoms with Crippen molar-refractivity contribution in [1.82, 2.24) is 19.6 Å². The average molecular weight is 575 g/mol. The van der Waals surface area contributed by atoms with Gasteiger partial charge in [0.1, 0.15) is 11.9 Å². The highest BCUT2D eigenvalue weighted by atomic mass is 19.1. The van der Waals surface area contributed by atoms with Crippen LogP contribution in [-0.2, 0) is 17.8 Å². The number of hydrogen-bond donors (Lipinski definition) is 1. The van der Waals surface area contributed by atoms with Crippen molar-refractivity contribution in [2.75, 3.05) is 32.7 Å². The van der Waals surface area contributed by atoms with E-state index >= 15 is 0 Å². The number of carboxylic acids is 1. The second-order valence-corrected chi connectivity index (χ2v) is 12.7. The van der Waals surface area contributed by atoms with E-state index in [1.54, 1.807) is 12.1 Å². The Morgan fingerprint density at radius 3 is 2.45 bits per heavy atom. The number of aryl methyl sites for hydroxylation is 2. The lowest BCUT2D eigenvalue weighted by molar-refractivity contribution is -0.145. The van der Waals surface area contributed by atoms with Gasteiger partial charge in [0.15, 0.2) is 0 Å². The summed E-state index contributed by atoms with van der Waals surface area (Å²) in [5.41, 5.74) is 6.03. The van der Waals surface area contributed by atoms with Crippen LogP contribution in [0.15, 0.2) is 54.6 Å². The first-order valence-corrected chi connectivity index (χ1v) is 15.8. The quantitative estimate of drug-likeness (QED) is 0.290. The highest BCUT2D eigenvalue weighted by Crippen LogP contribution is 2.37. The summed E-state index contributed by atoms with van der Waals surface area (Å²) in [6.07, 6.45) is 3.84. The lowest BCUT2D eigenvalue weighted by Crippen LogP contribution is -2.45. The molecule has 3 aromatic rings. The number of nitrogens with zero attached hydrogens (tertiary/aromatic N) is 4. The number of piperidine rings is 1. The summed E-state index contributed by atoms with van der Waals surface area (Å²) in [5, 5.41) is 15.1. The van der Waals surface area contributed by atoms with Crippen LogP contribution < -0.4 is 0 Å². The Bertz CT molecular complexity index is 1330. The van der Waals surface area contributed by atoms with Crippen LogP contribution in [0.2, 0.25) is 0 Å². The van der Waals surface area contributed by atoms with Gasteiger partial charge >= 0.3 is 5.97 Å². The second-order valence-electron chi connectivity index (χ2n) is 12.7. The van der Waals surface area contributed by atoms with Gasteiger partial charge in [-0.2, -0.15) is 5.10 Å². The summed E-state index contributed by atoms with van der Waals surface area (Å²) in [6, 6.07) is 17.5. The van der Waals surface area contributed by atoms with Gasteiger partial charge in [-0.05, 0) is 80.9 Å². The molecule has 0 aliphatic carbocycles. The average Bonchev–Trinajstić information content (AvgIpc) is 3.58. The molecule has 4 atom stereocenters. The number of hydrogen-bond acceptors (Lipinski definition) is 4. The minimum atomic E-state index is -0.752. The van der Waals surface area contributed by atoms with Crippen LogP contribution in [0.1, 0.15) is 79.9 Å². The lowest BCUT2D eigenvalue weighted by Gasteiger charge is -2.35. The van der Waals surface area contributed by atoms with Crippen LogP contribution >= 0.6 is 0 Å². The van der Waals surface area contributed by atoms with Gasteiger partial charge in [0.25, 0.3) is 0 Å². The van der Waals surface area contributed by atoms with Crippen molar-refractivity contribution < 1.29 is 14.3 Å². The molecular formula is C35H47FN4O2. The van der Waals surface area contributed by atoms with Crippen LogP contribution in [0.5, 0.6) is 0 Å². The second kappa shape index (κ2) is 13.5. The van der Waals surface area contributed by atoms with Crippen molar-refractivity contribution in [3.63, 3.8) is 0 Å². The molecule has 2 aliphatic rings. The van der Waals surface area contributed by atoms with Gasteiger partial charge < -0.3 is 10.0 Å². The van der Waals surface area contributed by atoms with Crippen molar-refractivity contribution in [2.45, 2.75) is 77.8 Å². The molecule has 42 heavy (non-hydrogen) atoms. The van der Waals surface area contributed by atoms with Gasteiger partial charge in [-0.1, -0.05) is 62.2 Å². The van der Waals surface area contributed by atoms with Crippen LogP contribution in [0.3, 0.4) is 0 Å². The standard InChI is InChI=1S/C35H47FN4O2/c1-5-25(4)34(35(41)42)39-22-29(32(23-39)28-8-7-9-30(36)19-28)21-38-16-14-27(15-17-38)33-20-31(37-40(33)6-2)18-26-12-10-24(3)11-13-26/h7-13,19-20,25,27,29,32,34H,5-6,14-18,21-23H2,1-4H3,(H,41,42)/t25-,29-,32+,34+/m0/s1. The van der Waals surface area contributed by atoms with Crippen molar-refractivity contribution >= 4 is 5.97 Å². The number of halogens is 1. The molecule has 0 amide bonds. The van der Waals surface area contributed by atoms with Crippen LogP contribution in [0.25, 0.3) is 0 Å². The van der Waals surface area contributed by atoms with E-state index in [2.05, 4.69) is 65.6 Å². The molecule has 5 rings (SSSR count). The van der Waals surface area contributed by atoms with E-state index in [9.17, 15) is 14.3 Å². The van der Waals surface area contributed by atoms with Crippen molar-refractivity contribution in [2.24, 2.45) is 11.8 Å². The number of aromatic nitrogens is 2. The number of benzene rings is 2. The molecule has 226 valence electrons. The molecule has 3 heterocycles. The van der Waals surface area contributed by atoms with Gasteiger partial charge in [0, 0.05) is 50.1 Å². The molecule has 6 nitrogen and oxygen atoms in total. The Kier molecular flexibility index (Phi) is 9.79. The number of carboxylic acid groups (broad SMARTS) is 1. The molecule has 1 N–H and O–H groups in total. The van der Waals surface area contributed by atoms with E-state index in [4.69, 9.17) is 5.10 Å². The predicted molar refractivity (Wildman–Crippen MR) is 165 cm³/mol. The molecule has 1 aromatic heterocycles. The molecule has 7 heteroatoms. The molecule has 2 fully saturated rings. The summed E-state index contributed by atoms with van der Waals surface area (Å²) >= 11 is 0. The normalized spacial score (nSPS) is 21.9. The van der Waals surface area contributed by atoms with E-state index in [1.807, 2.05) is 13.0 Å². The van der Waals surface area contributed by atoms with Crippen molar-refractivity contribution in [1.29, 1.82) is 0 Å². The molecule has 2 aliphatic heterocycles. The van der Waals surface area contributed by atoms with E-state index in [0.717, 1.165) is 69.7 Å². The number of rotatable bonds is 11. The van der Waals surface area contributed by atoms with Crippen molar-refractivity contribution in [3.8, 4) is 0 Å². The van der Waals surface area contributed by atoms with E-state index in [1.165, 1.54) is 22.9 Å². The molecule has 2 saturated heterocycles. The number of aliphatic carboxylic acids is 1. The Labute approximate surface area is 250 Å². The molecule has 0 radical (unpaired) electrons. The molecule has 0 saturated carbocycles. The first-order valence-electron chi connectivity index (χ1n) is 15.8. The summed E-state index contributed by atoms with van der Waals surface area (Å²) in [5.74, 6) is -0.0489. The molecule has 2 aromatic carbocycles. The Balaban J connectivity index is 1.26. The van der Waals surface area contributed by atoms with Crippen LogP contribution in [0, 0.1) is 24.6 Å².